The third-order valence-electron chi connectivity index (χ3n) is 2.70. The van der Waals surface area contributed by atoms with Gasteiger partial charge in [-0.1, -0.05) is 46.3 Å². The minimum absolute atomic E-state index is 0.685. The lowest BCUT2D eigenvalue weighted by Crippen LogP contribution is -2.19. The zero-order chi connectivity index (χ0) is 12.6. The first-order valence-corrected chi connectivity index (χ1v) is 6.54. The summed E-state index contributed by atoms with van der Waals surface area (Å²) in [6.45, 7) is 13.8. The molecule has 0 bridgehead atoms. The quantitative estimate of drug-likeness (QED) is 0.645. The summed E-state index contributed by atoms with van der Waals surface area (Å²) in [5.74, 6) is 2.51. The van der Waals surface area contributed by atoms with Crippen LogP contribution in [0.3, 0.4) is 0 Å². The Morgan fingerprint density at radius 3 is 2.38 bits per heavy atom. The van der Waals surface area contributed by atoms with Crippen molar-refractivity contribution in [3.05, 3.63) is 23.5 Å². The van der Waals surface area contributed by atoms with Crippen molar-refractivity contribution in [1.29, 1.82) is 0 Å². The van der Waals surface area contributed by atoms with Crippen molar-refractivity contribution in [2.24, 2.45) is 11.8 Å². The lowest BCUT2D eigenvalue weighted by atomic mass is 9.83. The summed E-state index contributed by atoms with van der Waals surface area (Å²) in [6, 6.07) is 0. The van der Waals surface area contributed by atoms with Gasteiger partial charge in [0.2, 0.25) is 0 Å². The second-order valence-corrected chi connectivity index (χ2v) is 4.71. The van der Waals surface area contributed by atoms with Crippen LogP contribution in [0.5, 0.6) is 0 Å². The molecule has 1 rings (SSSR count). The van der Waals surface area contributed by atoms with E-state index in [1.165, 1.54) is 12.0 Å². The highest BCUT2D eigenvalue weighted by molar-refractivity contribution is 5.26. The van der Waals surface area contributed by atoms with Crippen LogP contribution in [0.2, 0.25) is 0 Å². The summed E-state index contributed by atoms with van der Waals surface area (Å²) < 4.78 is 5.55. The van der Waals surface area contributed by atoms with Crippen LogP contribution >= 0.6 is 0 Å². The van der Waals surface area contributed by atoms with Crippen molar-refractivity contribution in [1.82, 2.24) is 0 Å². The average molecular weight is 224 g/mol. The fraction of sp³-hybridized carbons (Fsp3) is 0.733. The van der Waals surface area contributed by atoms with Gasteiger partial charge in [-0.25, -0.2) is 0 Å². The highest BCUT2D eigenvalue weighted by Gasteiger charge is 2.22. The van der Waals surface area contributed by atoms with Crippen LogP contribution in [0.15, 0.2) is 23.5 Å². The molecule has 0 aliphatic carbocycles. The molecule has 1 atom stereocenters. The zero-order valence-electron chi connectivity index (χ0n) is 11.8. The summed E-state index contributed by atoms with van der Waals surface area (Å²) in [4.78, 5) is 0. The molecular formula is C15H28O. The molecule has 0 radical (unpaired) electrons. The Morgan fingerprint density at radius 1 is 1.38 bits per heavy atom. The van der Waals surface area contributed by atoms with Gasteiger partial charge in [-0.15, -0.1) is 0 Å². The topological polar surface area (TPSA) is 9.23 Å². The Balaban J connectivity index is 0.000000673. The van der Waals surface area contributed by atoms with Crippen molar-refractivity contribution in [2.75, 3.05) is 6.61 Å². The van der Waals surface area contributed by atoms with Gasteiger partial charge in [0.15, 0.2) is 0 Å². The molecule has 0 aromatic rings. The molecular weight excluding hydrogens is 196 g/mol. The van der Waals surface area contributed by atoms with E-state index in [-0.39, 0.29) is 0 Å². The third kappa shape index (κ3) is 4.87. The maximum absolute atomic E-state index is 5.55. The largest absolute Gasteiger partial charge is 0.498 e. The van der Waals surface area contributed by atoms with Crippen LogP contribution in [0.25, 0.3) is 0 Å². The molecule has 1 unspecified atom stereocenters. The summed E-state index contributed by atoms with van der Waals surface area (Å²) in [5, 5.41) is 0. The van der Waals surface area contributed by atoms with Gasteiger partial charge in [0.25, 0.3) is 0 Å². The molecule has 94 valence electrons. The first kappa shape index (κ1) is 15.3. The van der Waals surface area contributed by atoms with E-state index in [1.54, 1.807) is 0 Å². The van der Waals surface area contributed by atoms with Crippen LogP contribution in [-0.4, -0.2) is 6.61 Å². The van der Waals surface area contributed by atoms with Crippen LogP contribution in [-0.2, 0) is 4.74 Å². The zero-order valence-corrected chi connectivity index (χ0v) is 11.8. The highest BCUT2D eigenvalue weighted by atomic mass is 16.5. The molecule has 0 amide bonds. The molecule has 0 saturated carbocycles. The standard InChI is InChI=1S/C12H20O.C3H8/c1-5-6-12-10(4)13-8-7-11(12)9(2)3;1-3-2/h5-6,9,11H,7-8H2,1-4H3;3H2,1-2H3/b6-5-;. The van der Waals surface area contributed by atoms with Gasteiger partial charge in [0.1, 0.15) is 0 Å². The number of hydrogen-bond acceptors (Lipinski definition) is 1. The second-order valence-electron chi connectivity index (χ2n) is 4.71. The van der Waals surface area contributed by atoms with Gasteiger partial charge < -0.3 is 4.74 Å². The van der Waals surface area contributed by atoms with Gasteiger partial charge >= 0.3 is 0 Å². The molecule has 0 aromatic carbocycles. The van der Waals surface area contributed by atoms with E-state index in [1.807, 2.05) is 0 Å². The van der Waals surface area contributed by atoms with Crippen molar-refractivity contribution >= 4 is 0 Å². The first-order chi connectivity index (χ1) is 7.58. The summed E-state index contributed by atoms with van der Waals surface area (Å²) in [5.41, 5.74) is 1.39. The van der Waals surface area contributed by atoms with Gasteiger partial charge in [-0.3, -0.25) is 0 Å². The first-order valence-electron chi connectivity index (χ1n) is 6.54. The van der Waals surface area contributed by atoms with Gasteiger partial charge in [-0.05, 0) is 37.7 Å². The fourth-order valence-corrected chi connectivity index (χ4v) is 1.95. The molecule has 1 aliphatic heterocycles. The molecule has 0 aromatic heterocycles. The van der Waals surface area contributed by atoms with Gasteiger partial charge in [-0.2, -0.15) is 0 Å². The third-order valence-corrected chi connectivity index (χ3v) is 2.70. The monoisotopic (exact) mass is 224 g/mol. The molecule has 0 spiro atoms. The Kier molecular flexibility index (Phi) is 8.05. The summed E-state index contributed by atoms with van der Waals surface area (Å²) >= 11 is 0. The molecule has 0 saturated heterocycles. The number of ether oxygens (including phenoxy) is 1. The predicted octanol–water partition coefficient (Wildman–Crippen LogP) is 4.95. The second kappa shape index (κ2) is 8.43. The minimum Gasteiger partial charge on any atom is -0.498 e. The maximum Gasteiger partial charge on any atom is 0.0963 e. The molecule has 1 heteroatoms. The van der Waals surface area contributed by atoms with Gasteiger partial charge in [0.05, 0.1) is 12.4 Å². The number of allylic oxidation sites excluding steroid dienone is 4. The van der Waals surface area contributed by atoms with Crippen molar-refractivity contribution < 1.29 is 4.74 Å². The van der Waals surface area contributed by atoms with E-state index in [2.05, 4.69) is 53.7 Å². The van der Waals surface area contributed by atoms with Crippen LogP contribution in [0.1, 0.15) is 54.4 Å². The molecule has 1 aliphatic rings. The molecule has 0 fully saturated rings. The van der Waals surface area contributed by atoms with Crippen molar-refractivity contribution in [2.45, 2.75) is 54.4 Å². The van der Waals surface area contributed by atoms with Crippen LogP contribution in [0, 0.1) is 11.8 Å². The Morgan fingerprint density at radius 2 is 1.94 bits per heavy atom. The van der Waals surface area contributed by atoms with Gasteiger partial charge in [0, 0.05) is 0 Å². The molecule has 0 N–H and O–H groups in total. The van der Waals surface area contributed by atoms with E-state index in [0.29, 0.717) is 11.8 Å². The molecule has 16 heavy (non-hydrogen) atoms. The molecule has 1 nitrogen and oxygen atoms in total. The van der Waals surface area contributed by atoms with E-state index < -0.39 is 0 Å². The maximum atomic E-state index is 5.55. The van der Waals surface area contributed by atoms with Crippen LogP contribution in [0.4, 0.5) is 0 Å². The summed E-state index contributed by atoms with van der Waals surface area (Å²) in [7, 11) is 0. The predicted molar refractivity (Wildman–Crippen MR) is 72.4 cm³/mol. The lowest BCUT2D eigenvalue weighted by molar-refractivity contribution is 0.156. The van der Waals surface area contributed by atoms with Crippen molar-refractivity contribution in [3.8, 4) is 0 Å². The van der Waals surface area contributed by atoms with Crippen LogP contribution < -0.4 is 0 Å². The Labute approximate surface area is 102 Å². The molecule has 1 heterocycles. The fourth-order valence-electron chi connectivity index (χ4n) is 1.95. The average Bonchev–Trinajstić information content (AvgIpc) is 2.22. The number of hydrogen-bond donors (Lipinski definition) is 0. The Bertz CT molecular complexity index is 236. The summed E-state index contributed by atoms with van der Waals surface area (Å²) in [6.07, 6.45) is 6.71. The van der Waals surface area contributed by atoms with Crippen molar-refractivity contribution in [3.63, 3.8) is 0 Å². The normalized spacial score (nSPS) is 20.8. The highest BCUT2D eigenvalue weighted by Crippen LogP contribution is 2.31. The van der Waals surface area contributed by atoms with E-state index in [4.69, 9.17) is 4.74 Å². The SMILES string of the molecule is C/C=C\C1=C(C)OCCC1C(C)C.CCC. The Hall–Kier alpha value is -0.720. The minimum atomic E-state index is 0.685. The lowest BCUT2D eigenvalue weighted by Gasteiger charge is -2.28. The van der Waals surface area contributed by atoms with E-state index in [0.717, 1.165) is 18.8 Å². The number of rotatable bonds is 2. The smallest absolute Gasteiger partial charge is 0.0963 e. The van der Waals surface area contributed by atoms with E-state index in [9.17, 15) is 0 Å². The van der Waals surface area contributed by atoms with E-state index >= 15 is 0 Å².